The quantitative estimate of drug-likeness (QED) is 0.800. The Hall–Kier alpha value is -2.12. The van der Waals surface area contributed by atoms with Crippen molar-refractivity contribution < 1.29 is 22.9 Å². The molecule has 23 heavy (non-hydrogen) atoms. The van der Waals surface area contributed by atoms with Gasteiger partial charge >= 0.3 is 0 Å². The van der Waals surface area contributed by atoms with Gasteiger partial charge in [-0.2, -0.15) is 0 Å². The molecule has 7 heteroatoms. The lowest BCUT2D eigenvalue weighted by Gasteiger charge is -2.17. The molecule has 0 radical (unpaired) electrons. The Morgan fingerprint density at radius 1 is 1.17 bits per heavy atom. The zero-order chi connectivity index (χ0) is 16.3. The first-order valence-corrected chi connectivity index (χ1v) is 9.28. The van der Waals surface area contributed by atoms with E-state index < -0.39 is 15.9 Å². The summed E-state index contributed by atoms with van der Waals surface area (Å²) < 4.78 is 29.1. The molecule has 2 atom stereocenters. The highest BCUT2D eigenvalue weighted by atomic mass is 32.2. The average molecular weight is 335 g/mol. The minimum Gasteiger partial charge on any atom is -0.463 e. The zero-order valence-electron chi connectivity index (χ0n) is 12.5. The Balaban J connectivity index is 1.66. The van der Waals surface area contributed by atoms with Crippen LogP contribution >= 0.6 is 0 Å². The van der Waals surface area contributed by atoms with Gasteiger partial charge in [0, 0.05) is 5.56 Å². The normalized spacial score (nSPS) is 22.8. The van der Waals surface area contributed by atoms with Gasteiger partial charge in [0.1, 0.15) is 18.3 Å². The molecule has 1 aromatic carbocycles. The van der Waals surface area contributed by atoms with Crippen molar-refractivity contribution in [1.29, 1.82) is 0 Å². The van der Waals surface area contributed by atoms with Gasteiger partial charge < -0.3 is 15.1 Å². The van der Waals surface area contributed by atoms with Crippen molar-refractivity contribution in [2.75, 3.05) is 11.5 Å². The lowest BCUT2D eigenvalue weighted by molar-refractivity contribution is -0.702. The number of carbonyl (C=O) groups is 1. The standard InChI is InChI=1S/C16H18N2O4S/c19-16(12-5-2-1-3-6-12)18-15-11-23(20,21)10-14(15)17-9-13-7-4-8-22-13/h1-8,14-15,17H,9-11H2,(H,18,19)/p+1/t14-,15+/m1/s1. The molecular weight excluding hydrogens is 316 g/mol. The van der Waals surface area contributed by atoms with Crippen LogP contribution in [0.15, 0.2) is 53.1 Å². The van der Waals surface area contributed by atoms with Crippen LogP contribution in [0.2, 0.25) is 0 Å². The molecule has 1 aliphatic rings. The lowest BCUT2D eigenvalue weighted by atomic mass is 10.1. The summed E-state index contributed by atoms with van der Waals surface area (Å²) in [6.45, 7) is 0.547. The van der Waals surface area contributed by atoms with Crippen molar-refractivity contribution >= 4 is 15.7 Å². The molecule has 0 spiro atoms. The number of nitrogens with one attached hydrogen (secondary N) is 1. The summed E-state index contributed by atoms with van der Waals surface area (Å²) in [6.07, 6.45) is 1.59. The first-order valence-electron chi connectivity index (χ1n) is 7.45. The second-order valence-corrected chi connectivity index (χ2v) is 7.86. The Labute approximate surface area is 134 Å². The van der Waals surface area contributed by atoms with Crippen molar-refractivity contribution in [3.8, 4) is 0 Å². The fourth-order valence-corrected chi connectivity index (χ4v) is 4.76. The zero-order valence-corrected chi connectivity index (χ0v) is 13.3. The molecule has 0 saturated carbocycles. The van der Waals surface area contributed by atoms with Crippen LogP contribution in [0.25, 0.3) is 0 Å². The predicted octanol–water partition coefficient (Wildman–Crippen LogP) is -0.0614. The first kappa shape index (κ1) is 15.8. The van der Waals surface area contributed by atoms with E-state index in [0.29, 0.717) is 12.1 Å². The van der Waals surface area contributed by atoms with Crippen LogP contribution in [0, 0.1) is 0 Å². The Morgan fingerprint density at radius 3 is 2.65 bits per heavy atom. The largest absolute Gasteiger partial charge is 0.463 e. The highest BCUT2D eigenvalue weighted by Crippen LogP contribution is 2.11. The molecule has 122 valence electrons. The van der Waals surface area contributed by atoms with Gasteiger partial charge in [-0.25, -0.2) is 8.42 Å². The third kappa shape index (κ3) is 4.00. The highest BCUT2D eigenvalue weighted by Gasteiger charge is 2.41. The topological polar surface area (TPSA) is 93.0 Å². The Morgan fingerprint density at radius 2 is 1.96 bits per heavy atom. The van der Waals surface area contributed by atoms with E-state index in [0.717, 1.165) is 5.76 Å². The molecular formula is C16H19N2O4S+. The van der Waals surface area contributed by atoms with Crippen LogP contribution in [-0.2, 0) is 16.4 Å². The number of furan rings is 1. The SMILES string of the molecule is O=C(N[C@H]1CS(=O)(=O)C[C@H]1[NH2+]Cc1ccco1)c1ccccc1. The number of rotatable bonds is 5. The summed E-state index contributed by atoms with van der Waals surface area (Å²) in [5.74, 6) is 0.574. The highest BCUT2D eigenvalue weighted by molar-refractivity contribution is 7.91. The van der Waals surface area contributed by atoms with Gasteiger partial charge in [-0.05, 0) is 24.3 Å². The lowest BCUT2D eigenvalue weighted by Crippen LogP contribution is -2.92. The van der Waals surface area contributed by atoms with Gasteiger partial charge in [0.15, 0.2) is 15.6 Å². The molecule has 1 aliphatic heterocycles. The van der Waals surface area contributed by atoms with Crippen LogP contribution in [-0.4, -0.2) is 37.9 Å². The molecule has 2 heterocycles. The third-order valence-electron chi connectivity index (χ3n) is 3.95. The first-order chi connectivity index (χ1) is 11.0. The molecule has 0 bridgehead atoms. The van der Waals surface area contributed by atoms with Gasteiger partial charge in [-0.15, -0.1) is 0 Å². The van der Waals surface area contributed by atoms with Gasteiger partial charge in [-0.3, -0.25) is 4.79 Å². The molecule has 6 nitrogen and oxygen atoms in total. The van der Waals surface area contributed by atoms with E-state index in [1.807, 2.05) is 17.4 Å². The second-order valence-electron chi connectivity index (χ2n) is 5.71. The van der Waals surface area contributed by atoms with Crippen LogP contribution < -0.4 is 10.6 Å². The molecule has 0 aliphatic carbocycles. The molecule has 3 N–H and O–H groups in total. The molecule has 1 aromatic heterocycles. The predicted molar refractivity (Wildman–Crippen MR) is 84.5 cm³/mol. The van der Waals surface area contributed by atoms with Crippen LogP contribution in [0.5, 0.6) is 0 Å². The minimum absolute atomic E-state index is 0.0229. The van der Waals surface area contributed by atoms with Gasteiger partial charge in [0.05, 0.1) is 18.1 Å². The Bertz CT molecular complexity index is 757. The third-order valence-corrected chi connectivity index (χ3v) is 5.71. The number of hydrogen-bond donors (Lipinski definition) is 2. The van der Waals surface area contributed by atoms with Gasteiger partial charge in [0.2, 0.25) is 0 Å². The molecule has 1 saturated heterocycles. The van der Waals surface area contributed by atoms with Crippen LogP contribution in [0.1, 0.15) is 16.1 Å². The van der Waals surface area contributed by atoms with Gasteiger partial charge in [-0.1, -0.05) is 18.2 Å². The van der Waals surface area contributed by atoms with Crippen molar-refractivity contribution in [3.63, 3.8) is 0 Å². The van der Waals surface area contributed by atoms with Gasteiger partial charge in [0.25, 0.3) is 5.91 Å². The Kier molecular flexibility index (Phi) is 4.49. The number of quaternary nitrogens is 1. The maximum atomic E-state index is 12.3. The van der Waals surface area contributed by atoms with E-state index in [1.165, 1.54) is 0 Å². The van der Waals surface area contributed by atoms with E-state index in [4.69, 9.17) is 4.42 Å². The van der Waals surface area contributed by atoms with E-state index in [1.54, 1.807) is 36.6 Å². The van der Waals surface area contributed by atoms with Crippen molar-refractivity contribution in [3.05, 3.63) is 60.1 Å². The number of nitrogens with two attached hydrogens (primary N) is 1. The summed E-state index contributed by atoms with van der Waals surface area (Å²) in [5, 5.41) is 4.77. The number of sulfone groups is 1. The summed E-state index contributed by atoms with van der Waals surface area (Å²) in [6, 6.07) is 11.8. The monoisotopic (exact) mass is 335 g/mol. The fourth-order valence-electron chi connectivity index (χ4n) is 2.79. The molecule has 2 aromatic rings. The summed E-state index contributed by atoms with van der Waals surface area (Å²) in [7, 11) is -3.14. The number of hydrogen-bond acceptors (Lipinski definition) is 4. The van der Waals surface area contributed by atoms with E-state index in [-0.39, 0.29) is 23.5 Å². The molecule has 1 fully saturated rings. The van der Waals surface area contributed by atoms with E-state index >= 15 is 0 Å². The van der Waals surface area contributed by atoms with Crippen LogP contribution in [0.4, 0.5) is 0 Å². The molecule has 1 amide bonds. The minimum atomic E-state index is -3.14. The smallest absolute Gasteiger partial charge is 0.251 e. The summed E-state index contributed by atoms with van der Waals surface area (Å²) >= 11 is 0. The fraction of sp³-hybridized carbons (Fsp3) is 0.312. The maximum Gasteiger partial charge on any atom is 0.251 e. The van der Waals surface area contributed by atoms with E-state index in [2.05, 4.69) is 5.32 Å². The average Bonchev–Trinajstić information content (AvgIpc) is 3.13. The van der Waals surface area contributed by atoms with Crippen LogP contribution in [0.3, 0.4) is 0 Å². The molecule has 0 unspecified atom stereocenters. The van der Waals surface area contributed by atoms with E-state index in [9.17, 15) is 13.2 Å². The maximum absolute atomic E-state index is 12.3. The number of amides is 1. The van der Waals surface area contributed by atoms with Crippen molar-refractivity contribution in [1.82, 2.24) is 5.32 Å². The number of carbonyl (C=O) groups excluding carboxylic acids is 1. The summed E-state index contributed by atoms with van der Waals surface area (Å²) in [4.78, 5) is 12.3. The number of benzene rings is 1. The summed E-state index contributed by atoms with van der Waals surface area (Å²) in [5.41, 5.74) is 0.529. The second kappa shape index (κ2) is 6.55. The van der Waals surface area contributed by atoms with Crippen molar-refractivity contribution in [2.45, 2.75) is 18.6 Å². The van der Waals surface area contributed by atoms with Crippen molar-refractivity contribution in [2.24, 2.45) is 0 Å². The molecule has 3 rings (SSSR count).